The number of carbonyl (C=O) groups excluding carboxylic acids is 1. The van der Waals surface area contributed by atoms with E-state index in [2.05, 4.69) is 10.6 Å². The molecule has 0 atom stereocenters. The molecule has 0 radical (unpaired) electrons. The van der Waals surface area contributed by atoms with E-state index in [-0.39, 0.29) is 18.1 Å². The molecule has 7 nitrogen and oxygen atoms in total. The van der Waals surface area contributed by atoms with E-state index in [1.165, 1.54) is 13.2 Å². The lowest BCUT2D eigenvalue weighted by Gasteiger charge is -2.11. The largest absolute Gasteiger partial charge is 0.494 e. The van der Waals surface area contributed by atoms with Crippen LogP contribution in [-0.4, -0.2) is 24.5 Å². The molecule has 2 rings (SSSR count). The van der Waals surface area contributed by atoms with Crippen LogP contribution in [0.1, 0.15) is 5.56 Å². The van der Waals surface area contributed by atoms with Crippen molar-refractivity contribution in [1.82, 2.24) is 0 Å². The van der Waals surface area contributed by atoms with E-state index in [0.29, 0.717) is 32.7 Å². The van der Waals surface area contributed by atoms with Crippen molar-refractivity contribution in [3.05, 3.63) is 56.1 Å². The standard InChI is InChI=1S/C16H15Cl2N3O4/c1-9-3-4-10(7-14(9)21(23)24)20-15(22)8-19-11-5-12(17)16(25-2)13(18)6-11/h3-7,19H,8H2,1-2H3,(H,20,22). The summed E-state index contributed by atoms with van der Waals surface area (Å²) in [4.78, 5) is 22.4. The molecule has 0 saturated heterocycles. The van der Waals surface area contributed by atoms with Crippen LogP contribution < -0.4 is 15.4 Å². The minimum absolute atomic E-state index is 0.0560. The summed E-state index contributed by atoms with van der Waals surface area (Å²) in [6, 6.07) is 7.65. The van der Waals surface area contributed by atoms with Gasteiger partial charge < -0.3 is 15.4 Å². The maximum Gasteiger partial charge on any atom is 0.274 e. The van der Waals surface area contributed by atoms with Gasteiger partial charge >= 0.3 is 0 Å². The van der Waals surface area contributed by atoms with Gasteiger partial charge in [-0.1, -0.05) is 29.3 Å². The fourth-order valence-corrected chi connectivity index (χ4v) is 2.77. The Bertz CT molecular complexity index is 804. The lowest BCUT2D eigenvalue weighted by molar-refractivity contribution is -0.385. The maximum absolute atomic E-state index is 12.0. The minimum Gasteiger partial charge on any atom is -0.494 e. The van der Waals surface area contributed by atoms with Gasteiger partial charge in [0.05, 0.1) is 28.6 Å². The molecule has 0 unspecified atom stereocenters. The van der Waals surface area contributed by atoms with Crippen LogP contribution in [0.2, 0.25) is 10.0 Å². The van der Waals surface area contributed by atoms with Crippen LogP contribution in [0.5, 0.6) is 5.75 Å². The summed E-state index contributed by atoms with van der Waals surface area (Å²) >= 11 is 12.1. The molecular weight excluding hydrogens is 369 g/mol. The van der Waals surface area contributed by atoms with Crippen LogP contribution >= 0.6 is 23.2 Å². The first-order valence-corrected chi connectivity index (χ1v) is 7.89. The lowest BCUT2D eigenvalue weighted by atomic mass is 10.2. The molecule has 2 aromatic carbocycles. The molecule has 9 heteroatoms. The third-order valence-corrected chi connectivity index (χ3v) is 3.91. The number of carbonyl (C=O) groups is 1. The molecule has 0 aromatic heterocycles. The topological polar surface area (TPSA) is 93.5 Å². The molecule has 1 amide bonds. The molecule has 0 heterocycles. The number of anilines is 2. The predicted octanol–water partition coefficient (Wildman–Crippen LogP) is 4.27. The zero-order chi connectivity index (χ0) is 18.6. The molecule has 0 aliphatic carbocycles. The Hall–Kier alpha value is -2.51. The van der Waals surface area contributed by atoms with Crippen molar-refractivity contribution in [3.63, 3.8) is 0 Å². The SMILES string of the molecule is COc1c(Cl)cc(NCC(=O)Nc2ccc(C)c([N+](=O)[O-])c2)cc1Cl. The molecule has 0 saturated carbocycles. The van der Waals surface area contributed by atoms with Gasteiger partial charge in [0.25, 0.3) is 5.69 Å². The Labute approximate surface area is 154 Å². The van der Waals surface area contributed by atoms with Crippen molar-refractivity contribution in [1.29, 1.82) is 0 Å². The number of nitrogens with zero attached hydrogens (tertiary/aromatic N) is 1. The Kier molecular flexibility index (Phi) is 6.06. The minimum atomic E-state index is -0.495. The normalized spacial score (nSPS) is 10.2. The van der Waals surface area contributed by atoms with Gasteiger partial charge in [0.2, 0.25) is 5.91 Å². The molecule has 2 N–H and O–H groups in total. The molecule has 0 spiro atoms. The number of hydrogen-bond donors (Lipinski definition) is 2. The number of benzene rings is 2. The molecule has 0 bridgehead atoms. The fourth-order valence-electron chi connectivity index (χ4n) is 2.13. The molecule has 0 aliphatic heterocycles. The Morgan fingerprint density at radius 1 is 1.20 bits per heavy atom. The Balaban J connectivity index is 2.02. The average molecular weight is 384 g/mol. The van der Waals surface area contributed by atoms with Crippen LogP contribution in [-0.2, 0) is 4.79 Å². The van der Waals surface area contributed by atoms with Gasteiger partial charge in [0.15, 0.2) is 5.75 Å². The van der Waals surface area contributed by atoms with E-state index in [1.54, 1.807) is 31.2 Å². The number of nitro benzene ring substituents is 1. The van der Waals surface area contributed by atoms with Gasteiger partial charge in [-0.25, -0.2) is 0 Å². The quantitative estimate of drug-likeness (QED) is 0.573. The van der Waals surface area contributed by atoms with Gasteiger partial charge in [0, 0.05) is 23.0 Å². The van der Waals surface area contributed by atoms with Crippen LogP contribution in [0.25, 0.3) is 0 Å². The summed E-state index contributed by atoms with van der Waals surface area (Å²) in [5.74, 6) is -0.0217. The highest BCUT2D eigenvalue weighted by Crippen LogP contribution is 2.35. The van der Waals surface area contributed by atoms with E-state index >= 15 is 0 Å². The van der Waals surface area contributed by atoms with E-state index < -0.39 is 4.92 Å². The number of methoxy groups -OCH3 is 1. The van der Waals surface area contributed by atoms with E-state index in [9.17, 15) is 14.9 Å². The van der Waals surface area contributed by atoms with Gasteiger partial charge in [-0.2, -0.15) is 0 Å². The van der Waals surface area contributed by atoms with E-state index in [0.717, 1.165) is 0 Å². The van der Waals surface area contributed by atoms with Crippen molar-refractivity contribution in [2.75, 3.05) is 24.3 Å². The molecule has 0 aliphatic rings. The van der Waals surface area contributed by atoms with Crippen molar-refractivity contribution < 1.29 is 14.5 Å². The van der Waals surface area contributed by atoms with Gasteiger partial charge in [-0.05, 0) is 25.1 Å². The number of halogens is 2. The Morgan fingerprint density at radius 2 is 1.84 bits per heavy atom. The summed E-state index contributed by atoms with van der Waals surface area (Å²) in [5.41, 5.74) is 1.35. The first-order chi connectivity index (χ1) is 11.8. The monoisotopic (exact) mass is 383 g/mol. The fraction of sp³-hybridized carbons (Fsp3) is 0.188. The average Bonchev–Trinajstić information content (AvgIpc) is 2.54. The van der Waals surface area contributed by atoms with Gasteiger partial charge in [-0.3, -0.25) is 14.9 Å². The zero-order valence-corrected chi connectivity index (χ0v) is 14.9. The molecule has 0 fully saturated rings. The first kappa shape index (κ1) is 18.8. The second kappa shape index (κ2) is 8.04. The summed E-state index contributed by atoms with van der Waals surface area (Å²) in [6.45, 7) is 1.56. The van der Waals surface area contributed by atoms with Crippen molar-refractivity contribution in [2.24, 2.45) is 0 Å². The molecule has 2 aromatic rings. The smallest absolute Gasteiger partial charge is 0.274 e. The third kappa shape index (κ3) is 4.74. The maximum atomic E-state index is 12.0. The van der Waals surface area contributed by atoms with Gasteiger partial charge in [0.1, 0.15) is 0 Å². The van der Waals surface area contributed by atoms with Crippen LogP contribution in [0.3, 0.4) is 0 Å². The van der Waals surface area contributed by atoms with Gasteiger partial charge in [-0.15, -0.1) is 0 Å². The van der Waals surface area contributed by atoms with E-state index in [1.807, 2.05) is 0 Å². The highest BCUT2D eigenvalue weighted by atomic mass is 35.5. The predicted molar refractivity (Wildman–Crippen MR) is 98.0 cm³/mol. The van der Waals surface area contributed by atoms with Crippen LogP contribution in [0.4, 0.5) is 17.1 Å². The molecular formula is C16H15Cl2N3O4. The third-order valence-electron chi connectivity index (χ3n) is 3.35. The molecule has 25 heavy (non-hydrogen) atoms. The van der Waals surface area contributed by atoms with Crippen LogP contribution in [0, 0.1) is 17.0 Å². The second-order valence-electron chi connectivity index (χ2n) is 5.13. The highest BCUT2D eigenvalue weighted by molar-refractivity contribution is 6.37. The summed E-state index contributed by atoms with van der Waals surface area (Å²) in [7, 11) is 1.45. The summed E-state index contributed by atoms with van der Waals surface area (Å²) in [5, 5.41) is 17.0. The Morgan fingerprint density at radius 3 is 2.40 bits per heavy atom. The lowest BCUT2D eigenvalue weighted by Crippen LogP contribution is -2.21. The van der Waals surface area contributed by atoms with Crippen LogP contribution in [0.15, 0.2) is 30.3 Å². The van der Waals surface area contributed by atoms with Crippen molar-refractivity contribution >= 4 is 46.2 Å². The summed E-state index contributed by atoms with van der Waals surface area (Å²) < 4.78 is 5.05. The van der Waals surface area contributed by atoms with Crippen molar-refractivity contribution in [2.45, 2.75) is 6.92 Å². The number of ether oxygens (including phenoxy) is 1. The number of hydrogen-bond acceptors (Lipinski definition) is 5. The number of aryl methyl sites for hydroxylation is 1. The van der Waals surface area contributed by atoms with Crippen molar-refractivity contribution in [3.8, 4) is 5.75 Å². The zero-order valence-electron chi connectivity index (χ0n) is 13.4. The first-order valence-electron chi connectivity index (χ1n) is 7.13. The summed E-state index contributed by atoms with van der Waals surface area (Å²) in [6.07, 6.45) is 0. The number of nitro groups is 1. The number of nitrogens with one attached hydrogen (secondary N) is 2. The second-order valence-corrected chi connectivity index (χ2v) is 5.95. The highest BCUT2D eigenvalue weighted by Gasteiger charge is 2.13. The molecule has 132 valence electrons. The van der Waals surface area contributed by atoms with E-state index in [4.69, 9.17) is 27.9 Å². The number of amides is 1. The number of rotatable bonds is 6.